The third-order valence-electron chi connectivity index (χ3n) is 4.27. The molecule has 1 aromatic carbocycles. The molecule has 2 aromatic rings. The minimum atomic E-state index is -2.72. The van der Waals surface area contributed by atoms with Crippen molar-refractivity contribution >= 4 is 5.69 Å². The van der Waals surface area contributed by atoms with Crippen molar-refractivity contribution in [3.63, 3.8) is 0 Å². The molecule has 1 aliphatic rings. The second-order valence-corrected chi connectivity index (χ2v) is 6.43. The highest BCUT2D eigenvalue weighted by atomic mass is 19.3. The molecule has 3 nitrogen and oxygen atoms in total. The summed E-state index contributed by atoms with van der Waals surface area (Å²) in [6, 6.07) is 3.22. The molecule has 1 fully saturated rings. The summed E-state index contributed by atoms with van der Waals surface area (Å²) in [5, 5.41) is 0. The van der Waals surface area contributed by atoms with Crippen LogP contribution in [0.15, 0.2) is 24.5 Å². The fourth-order valence-corrected chi connectivity index (χ4v) is 3.15. The molecule has 0 saturated carbocycles. The van der Waals surface area contributed by atoms with Crippen LogP contribution in [-0.4, -0.2) is 28.6 Å². The molecule has 2 heterocycles. The fourth-order valence-electron chi connectivity index (χ4n) is 3.15. The maximum absolute atomic E-state index is 14.7. The number of alkyl halides is 2. The Labute approximate surface area is 133 Å². The number of rotatable bonds is 3. The summed E-state index contributed by atoms with van der Waals surface area (Å²) >= 11 is 0. The van der Waals surface area contributed by atoms with Gasteiger partial charge in [-0.25, -0.2) is 18.2 Å². The first kappa shape index (κ1) is 15.9. The van der Waals surface area contributed by atoms with E-state index in [-0.39, 0.29) is 31.2 Å². The normalized spacial score (nSPS) is 17.3. The van der Waals surface area contributed by atoms with Crippen LogP contribution in [0.4, 0.5) is 18.9 Å². The van der Waals surface area contributed by atoms with Gasteiger partial charge >= 0.3 is 0 Å². The number of halogens is 3. The molecule has 124 valence electrons. The Kier molecular flexibility index (Phi) is 3.86. The zero-order valence-electron chi connectivity index (χ0n) is 13.5. The van der Waals surface area contributed by atoms with Gasteiger partial charge in [0, 0.05) is 49.2 Å². The highest BCUT2D eigenvalue weighted by molar-refractivity contribution is 5.68. The summed E-state index contributed by atoms with van der Waals surface area (Å²) in [5.74, 6) is -2.56. The predicted octanol–water partition coefficient (Wildman–Crippen LogP) is 4.20. The molecule has 3 rings (SSSR count). The Morgan fingerprint density at radius 2 is 2.00 bits per heavy atom. The number of hydrogen-bond acceptors (Lipinski definition) is 2. The van der Waals surface area contributed by atoms with Gasteiger partial charge in [-0.05, 0) is 18.1 Å². The first-order chi connectivity index (χ1) is 10.8. The van der Waals surface area contributed by atoms with Crippen LogP contribution in [0.5, 0.6) is 0 Å². The Balaban J connectivity index is 2.12. The molecular formula is C17H20F3N3. The lowest BCUT2D eigenvalue weighted by Crippen LogP contribution is -2.26. The molecular weight excluding hydrogens is 303 g/mol. The third-order valence-corrected chi connectivity index (χ3v) is 4.27. The van der Waals surface area contributed by atoms with Crippen LogP contribution in [0.25, 0.3) is 11.4 Å². The van der Waals surface area contributed by atoms with Gasteiger partial charge in [0.05, 0.1) is 6.54 Å². The van der Waals surface area contributed by atoms with Gasteiger partial charge in [0.2, 0.25) is 0 Å². The van der Waals surface area contributed by atoms with Crippen molar-refractivity contribution in [1.82, 2.24) is 9.55 Å². The van der Waals surface area contributed by atoms with Gasteiger partial charge in [0.1, 0.15) is 11.6 Å². The SMILES string of the molecule is CC(C)c1c(F)cc(-c2nccn2C)cc1N1CCC(F)(F)C1. The lowest BCUT2D eigenvalue weighted by Gasteiger charge is -2.25. The van der Waals surface area contributed by atoms with Crippen molar-refractivity contribution in [2.45, 2.75) is 32.1 Å². The summed E-state index contributed by atoms with van der Waals surface area (Å²) in [6.45, 7) is 3.61. The van der Waals surface area contributed by atoms with E-state index in [2.05, 4.69) is 4.98 Å². The lowest BCUT2D eigenvalue weighted by molar-refractivity contribution is 0.0257. The van der Waals surface area contributed by atoms with Gasteiger partial charge in [-0.3, -0.25) is 0 Å². The monoisotopic (exact) mass is 323 g/mol. The second kappa shape index (κ2) is 5.58. The largest absolute Gasteiger partial charge is 0.365 e. The molecule has 0 N–H and O–H groups in total. The first-order valence-electron chi connectivity index (χ1n) is 7.72. The van der Waals surface area contributed by atoms with Crippen LogP contribution < -0.4 is 4.90 Å². The van der Waals surface area contributed by atoms with E-state index in [0.29, 0.717) is 22.6 Å². The number of aromatic nitrogens is 2. The maximum atomic E-state index is 14.7. The third kappa shape index (κ3) is 2.94. The second-order valence-electron chi connectivity index (χ2n) is 6.43. The maximum Gasteiger partial charge on any atom is 0.266 e. The van der Waals surface area contributed by atoms with E-state index < -0.39 is 5.92 Å². The molecule has 0 unspecified atom stereocenters. The van der Waals surface area contributed by atoms with Crippen LogP contribution in [0.3, 0.4) is 0 Å². The highest BCUT2D eigenvalue weighted by Crippen LogP contribution is 2.38. The highest BCUT2D eigenvalue weighted by Gasteiger charge is 2.39. The molecule has 0 amide bonds. The fraction of sp³-hybridized carbons (Fsp3) is 0.471. The standard InChI is InChI=1S/C17H20F3N3/c1-11(2)15-13(18)8-12(16-21-5-7-22(16)3)9-14(15)23-6-4-17(19,20)10-23/h5,7-9,11H,4,6,10H2,1-3H3. The van der Waals surface area contributed by atoms with E-state index in [9.17, 15) is 13.2 Å². The Morgan fingerprint density at radius 1 is 1.26 bits per heavy atom. The average Bonchev–Trinajstić information content (AvgIpc) is 3.03. The summed E-state index contributed by atoms with van der Waals surface area (Å²) in [6.07, 6.45) is 3.21. The van der Waals surface area contributed by atoms with Gasteiger partial charge in [0.25, 0.3) is 5.92 Å². The summed E-state index contributed by atoms with van der Waals surface area (Å²) in [5.41, 5.74) is 1.64. The van der Waals surface area contributed by atoms with Crippen molar-refractivity contribution in [3.05, 3.63) is 35.9 Å². The molecule has 1 aliphatic heterocycles. The Hall–Kier alpha value is -1.98. The zero-order valence-corrected chi connectivity index (χ0v) is 13.5. The van der Waals surface area contributed by atoms with Crippen LogP contribution in [-0.2, 0) is 7.05 Å². The van der Waals surface area contributed by atoms with Gasteiger partial charge in [-0.15, -0.1) is 0 Å². The minimum absolute atomic E-state index is 0.0883. The number of anilines is 1. The van der Waals surface area contributed by atoms with Gasteiger partial charge in [-0.1, -0.05) is 13.8 Å². The summed E-state index contributed by atoms with van der Waals surface area (Å²) in [4.78, 5) is 5.82. The lowest BCUT2D eigenvalue weighted by atomic mass is 9.97. The molecule has 1 aromatic heterocycles. The van der Waals surface area contributed by atoms with E-state index in [1.54, 1.807) is 27.9 Å². The molecule has 1 saturated heterocycles. The van der Waals surface area contributed by atoms with E-state index in [4.69, 9.17) is 0 Å². The van der Waals surface area contributed by atoms with Crippen LogP contribution in [0.1, 0.15) is 31.7 Å². The van der Waals surface area contributed by atoms with Crippen LogP contribution >= 0.6 is 0 Å². The topological polar surface area (TPSA) is 21.1 Å². The van der Waals surface area contributed by atoms with Crippen molar-refractivity contribution in [2.24, 2.45) is 7.05 Å². The quantitative estimate of drug-likeness (QED) is 0.844. The number of aryl methyl sites for hydroxylation is 1. The number of imidazole rings is 1. The summed E-state index contributed by atoms with van der Waals surface area (Å²) < 4.78 is 43.7. The van der Waals surface area contributed by atoms with Crippen LogP contribution in [0.2, 0.25) is 0 Å². The Morgan fingerprint density at radius 3 is 2.52 bits per heavy atom. The zero-order chi connectivity index (χ0) is 16.8. The number of benzene rings is 1. The molecule has 0 aliphatic carbocycles. The van der Waals surface area contributed by atoms with E-state index in [0.717, 1.165) is 0 Å². The van der Waals surface area contributed by atoms with Gasteiger partial charge in [0.15, 0.2) is 0 Å². The van der Waals surface area contributed by atoms with E-state index in [1.165, 1.54) is 6.07 Å². The molecule has 6 heteroatoms. The number of hydrogen-bond donors (Lipinski definition) is 0. The predicted molar refractivity (Wildman–Crippen MR) is 84.5 cm³/mol. The van der Waals surface area contributed by atoms with Crippen molar-refractivity contribution < 1.29 is 13.2 Å². The Bertz CT molecular complexity index is 722. The summed E-state index contributed by atoms with van der Waals surface area (Å²) in [7, 11) is 1.82. The smallest absolute Gasteiger partial charge is 0.266 e. The minimum Gasteiger partial charge on any atom is -0.365 e. The van der Waals surface area contributed by atoms with Crippen molar-refractivity contribution in [2.75, 3.05) is 18.0 Å². The molecule has 0 bridgehead atoms. The van der Waals surface area contributed by atoms with Crippen molar-refractivity contribution in [3.8, 4) is 11.4 Å². The average molecular weight is 323 g/mol. The van der Waals surface area contributed by atoms with Crippen molar-refractivity contribution in [1.29, 1.82) is 0 Å². The molecule has 0 spiro atoms. The number of nitrogens with zero attached hydrogens (tertiary/aromatic N) is 3. The molecule has 0 radical (unpaired) electrons. The van der Waals surface area contributed by atoms with Crippen LogP contribution in [0, 0.1) is 5.82 Å². The first-order valence-corrected chi connectivity index (χ1v) is 7.72. The van der Waals surface area contributed by atoms with Gasteiger partial charge in [-0.2, -0.15) is 0 Å². The molecule has 0 atom stereocenters. The van der Waals surface area contributed by atoms with Gasteiger partial charge < -0.3 is 9.47 Å². The van der Waals surface area contributed by atoms with E-state index in [1.807, 2.05) is 20.9 Å². The molecule has 23 heavy (non-hydrogen) atoms. The van der Waals surface area contributed by atoms with E-state index >= 15 is 0 Å².